The molecule has 0 fully saturated rings. The first-order valence-electron chi connectivity index (χ1n) is 4.87. The average Bonchev–Trinajstić information content (AvgIpc) is 2.70. The van der Waals surface area contributed by atoms with Crippen molar-refractivity contribution >= 4 is 0 Å². The highest BCUT2D eigenvalue weighted by molar-refractivity contribution is 5.31. The van der Waals surface area contributed by atoms with Crippen LogP contribution in [-0.4, -0.2) is 5.11 Å². The van der Waals surface area contributed by atoms with Gasteiger partial charge in [0.15, 0.2) is 0 Å². The summed E-state index contributed by atoms with van der Waals surface area (Å²) in [7, 11) is 0. The van der Waals surface area contributed by atoms with Crippen molar-refractivity contribution in [3.05, 3.63) is 59.7 Å². The van der Waals surface area contributed by atoms with Crippen LogP contribution in [0.15, 0.2) is 48.6 Å². The molecule has 0 radical (unpaired) electrons. The summed E-state index contributed by atoms with van der Waals surface area (Å²) in [6.07, 6.45) is 7.60. The molecule has 1 unspecified atom stereocenters. The van der Waals surface area contributed by atoms with Crippen LogP contribution in [-0.2, 0) is 0 Å². The quantitative estimate of drug-likeness (QED) is 0.753. The second kappa shape index (κ2) is 3.81. The number of hydrogen-bond donors (Lipinski definition) is 1. The zero-order valence-corrected chi connectivity index (χ0v) is 8.22. The maximum atomic E-state index is 10.1. The Kier molecular flexibility index (Phi) is 2.51. The minimum Gasteiger partial charge on any atom is -0.387 e. The topological polar surface area (TPSA) is 20.2 Å². The fourth-order valence-electron chi connectivity index (χ4n) is 1.79. The van der Waals surface area contributed by atoms with E-state index in [2.05, 4.69) is 0 Å². The monoisotopic (exact) mass is 186 g/mol. The minimum atomic E-state index is -0.411. The Labute approximate surface area is 84.4 Å². The van der Waals surface area contributed by atoms with Gasteiger partial charge in [-0.2, -0.15) is 0 Å². The van der Waals surface area contributed by atoms with E-state index < -0.39 is 6.10 Å². The lowest BCUT2D eigenvalue weighted by Gasteiger charge is -2.17. The van der Waals surface area contributed by atoms with Gasteiger partial charge in [0.2, 0.25) is 0 Å². The van der Waals surface area contributed by atoms with E-state index in [4.69, 9.17) is 0 Å². The first-order chi connectivity index (χ1) is 6.79. The van der Waals surface area contributed by atoms with Crippen molar-refractivity contribution in [1.82, 2.24) is 0 Å². The molecule has 1 aliphatic rings. The van der Waals surface area contributed by atoms with Gasteiger partial charge in [-0.1, -0.05) is 48.6 Å². The number of aliphatic hydroxyl groups is 1. The third-order valence-electron chi connectivity index (χ3n) is 2.65. The highest BCUT2D eigenvalue weighted by atomic mass is 16.3. The average molecular weight is 186 g/mol. The van der Waals surface area contributed by atoms with Crippen LogP contribution in [0.25, 0.3) is 0 Å². The molecule has 72 valence electrons. The van der Waals surface area contributed by atoms with E-state index in [0.29, 0.717) is 0 Å². The van der Waals surface area contributed by atoms with Gasteiger partial charge in [0.1, 0.15) is 0 Å². The molecule has 1 aliphatic carbocycles. The normalized spacial score (nSPS) is 17.6. The van der Waals surface area contributed by atoms with Gasteiger partial charge in [-0.25, -0.2) is 0 Å². The molecule has 0 heterocycles. The van der Waals surface area contributed by atoms with Gasteiger partial charge in [-0.15, -0.1) is 0 Å². The summed E-state index contributed by atoms with van der Waals surface area (Å²) in [6, 6.07) is 7.97. The van der Waals surface area contributed by atoms with Gasteiger partial charge < -0.3 is 5.11 Å². The molecule has 1 heteroatoms. The molecule has 2 rings (SSSR count). The molecule has 0 aromatic heterocycles. The van der Waals surface area contributed by atoms with E-state index >= 15 is 0 Å². The van der Waals surface area contributed by atoms with Crippen molar-refractivity contribution in [3.63, 3.8) is 0 Å². The summed E-state index contributed by atoms with van der Waals surface area (Å²) in [4.78, 5) is 0. The van der Waals surface area contributed by atoms with Gasteiger partial charge in [0.25, 0.3) is 0 Å². The molecule has 0 bridgehead atoms. The minimum absolute atomic E-state index is 0.135. The van der Waals surface area contributed by atoms with Gasteiger partial charge in [0, 0.05) is 5.92 Å². The van der Waals surface area contributed by atoms with Crippen LogP contribution in [0.5, 0.6) is 0 Å². The Hall–Kier alpha value is -1.34. The van der Waals surface area contributed by atoms with Crippen molar-refractivity contribution in [1.29, 1.82) is 0 Å². The van der Waals surface area contributed by atoms with Crippen molar-refractivity contribution < 1.29 is 5.11 Å². The maximum absolute atomic E-state index is 10.1. The highest BCUT2D eigenvalue weighted by Gasteiger charge is 2.18. The second-order valence-corrected chi connectivity index (χ2v) is 3.65. The van der Waals surface area contributed by atoms with E-state index in [-0.39, 0.29) is 5.92 Å². The van der Waals surface area contributed by atoms with Gasteiger partial charge in [-0.05, 0) is 18.1 Å². The number of benzene rings is 1. The number of aliphatic hydroxyl groups excluding tert-OH is 1. The molecular formula is C13H14O. The Balaban J connectivity index is 2.26. The molecule has 14 heavy (non-hydrogen) atoms. The molecule has 0 aliphatic heterocycles. The lowest BCUT2D eigenvalue weighted by atomic mass is 9.94. The third kappa shape index (κ3) is 1.64. The molecule has 1 aromatic rings. The third-order valence-corrected chi connectivity index (χ3v) is 2.65. The largest absolute Gasteiger partial charge is 0.387 e. The zero-order chi connectivity index (χ0) is 9.97. The van der Waals surface area contributed by atoms with Gasteiger partial charge in [-0.3, -0.25) is 0 Å². The predicted molar refractivity (Wildman–Crippen MR) is 57.9 cm³/mol. The molecule has 0 saturated carbocycles. The van der Waals surface area contributed by atoms with Crippen LogP contribution >= 0.6 is 0 Å². The van der Waals surface area contributed by atoms with E-state index in [1.54, 1.807) is 0 Å². The summed E-state index contributed by atoms with van der Waals surface area (Å²) in [6.45, 7) is 2.03. The number of hydrogen-bond acceptors (Lipinski definition) is 1. The van der Waals surface area contributed by atoms with Crippen LogP contribution in [0.2, 0.25) is 0 Å². The number of allylic oxidation sites excluding steroid dienone is 2. The molecule has 1 N–H and O–H groups in total. The molecule has 0 spiro atoms. The summed E-state index contributed by atoms with van der Waals surface area (Å²) < 4.78 is 0. The molecule has 1 atom stereocenters. The van der Waals surface area contributed by atoms with Crippen molar-refractivity contribution in [3.8, 4) is 0 Å². The van der Waals surface area contributed by atoms with Crippen molar-refractivity contribution in [2.75, 3.05) is 0 Å². The Morgan fingerprint density at radius 3 is 2.43 bits per heavy atom. The van der Waals surface area contributed by atoms with E-state index in [9.17, 15) is 5.11 Å². The first-order valence-corrected chi connectivity index (χ1v) is 4.87. The van der Waals surface area contributed by atoms with E-state index in [1.807, 2.05) is 55.5 Å². The smallest absolute Gasteiger partial charge is 0.0889 e. The number of aryl methyl sites for hydroxylation is 1. The molecule has 0 amide bonds. The summed E-state index contributed by atoms with van der Waals surface area (Å²) in [5, 5.41) is 10.1. The van der Waals surface area contributed by atoms with E-state index in [0.717, 1.165) is 11.1 Å². The zero-order valence-electron chi connectivity index (χ0n) is 8.22. The maximum Gasteiger partial charge on any atom is 0.0889 e. The van der Waals surface area contributed by atoms with Crippen molar-refractivity contribution in [2.45, 2.75) is 13.0 Å². The molecule has 0 saturated heterocycles. The second-order valence-electron chi connectivity index (χ2n) is 3.65. The molecule has 1 aromatic carbocycles. The van der Waals surface area contributed by atoms with Crippen LogP contribution in [0.3, 0.4) is 0 Å². The standard InChI is InChI=1S/C13H14O/c1-10-6-2-5-9-12(10)13(14)11-7-3-4-8-11/h2-9,11,13-14H,1H3. The molecular weight excluding hydrogens is 172 g/mol. The SMILES string of the molecule is Cc1ccccc1C(O)C1C=CC=C1. The summed E-state index contributed by atoms with van der Waals surface area (Å²) in [5.41, 5.74) is 2.17. The summed E-state index contributed by atoms with van der Waals surface area (Å²) in [5.74, 6) is 0.135. The van der Waals surface area contributed by atoms with Gasteiger partial charge >= 0.3 is 0 Å². The van der Waals surface area contributed by atoms with Crippen LogP contribution in [0.4, 0.5) is 0 Å². The lowest BCUT2D eigenvalue weighted by molar-refractivity contribution is 0.151. The predicted octanol–water partition coefficient (Wildman–Crippen LogP) is 2.77. The van der Waals surface area contributed by atoms with Crippen LogP contribution in [0.1, 0.15) is 17.2 Å². The Morgan fingerprint density at radius 2 is 1.79 bits per heavy atom. The first kappa shape index (κ1) is 9.22. The van der Waals surface area contributed by atoms with Crippen LogP contribution < -0.4 is 0 Å². The number of rotatable bonds is 2. The Bertz CT molecular complexity index is 365. The summed E-state index contributed by atoms with van der Waals surface area (Å²) >= 11 is 0. The fraction of sp³-hybridized carbons (Fsp3) is 0.231. The highest BCUT2D eigenvalue weighted by Crippen LogP contribution is 2.28. The molecule has 1 nitrogen and oxygen atoms in total. The fourth-order valence-corrected chi connectivity index (χ4v) is 1.79. The lowest BCUT2D eigenvalue weighted by Crippen LogP contribution is -2.08. The van der Waals surface area contributed by atoms with E-state index in [1.165, 1.54) is 0 Å². The van der Waals surface area contributed by atoms with Gasteiger partial charge in [0.05, 0.1) is 6.10 Å². The van der Waals surface area contributed by atoms with Crippen molar-refractivity contribution in [2.24, 2.45) is 5.92 Å². The van der Waals surface area contributed by atoms with Crippen LogP contribution in [0, 0.1) is 12.8 Å². The Morgan fingerprint density at radius 1 is 1.14 bits per heavy atom.